The van der Waals surface area contributed by atoms with Gasteiger partial charge in [0.1, 0.15) is 24.1 Å². The van der Waals surface area contributed by atoms with Crippen molar-refractivity contribution in [2.75, 3.05) is 19.8 Å². The van der Waals surface area contributed by atoms with Crippen molar-refractivity contribution < 1.29 is 23.8 Å². The fourth-order valence-electron chi connectivity index (χ4n) is 2.47. The molecule has 0 aliphatic carbocycles. The quantitative estimate of drug-likeness (QED) is 0.872. The third-order valence-corrected chi connectivity index (χ3v) is 3.59. The molecule has 1 aliphatic heterocycles. The zero-order valence-electron chi connectivity index (χ0n) is 12.5. The van der Waals surface area contributed by atoms with Crippen LogP contribution < -0.4 is 0 Å². The number of amides is 1. The molecule has 1 unspecified atom stereocenters. The van der Waals surface area contributed by atoms with Crippen molar-refractivity contribution in [2.45, 2.75) is 19.5 Å². The van der Waals surface area contributed by atoms with E-state index in [0.717, 1.165) is 5.76 Å². The Bertz CT molecular complexity index is 722. The molecule has 0 bridgehead atoms. The molecule has 1 atom stereocenters. The largest absolute Gasteiger partial charge is 0.476 e. The summed E-state index contributed by atoms with van der Waals surface area (Å²) in [5.74, 6) is 0.0499. The highest BCUT2D eigenvalue weighted by Crippen LogP contribution is 2.26. The summed E-state index contributed by atoms with van der Waals surface area (Å²) in [6.07, 6.45) is 1.23. The van der Waals surface area contributed by atoms with Gasteiger partial charge in [-0.05, 0) is 19.1 Å². The second-order valence-corrected chi connectivity index (χ2v) is 5.23. The molecule has 0 spiro atoms. The Morgan fingerprint density at radius 2 is 2.26 bits per heavy atom. The van der Waals surface area contributed by atoms with E-state index in [9.17, 15) is 9.59 Å². The number of hydrogen-bond donors (Lipinski definition) is 1. The van der Waals surface area contributed by atoms with Crippen LogP contribution in [-0.2, 0) is 16.1 Å². The average Bonchev–Trinajstić information content (AvgIpc) is 3.16. The molecule has 3 rings (SSSR count). The lowest BCUT2D eigenvalue weighted by Gasteiger charge is -2.34. The molecule has 2 aromatic heterocycles. The van der Waals surface area contributed by atoms with Crippen molar-refractivity contribution in [3.63, 3.8) is 0 Å². The van der Waals surface area contributed by atoms with Crippen LogP contribution >= 0.6 is 0 Å². The van der Waals surface area contributed by atoms with E-state index in [-0.39, 0.29) is 24.2 Å². The minimum Gasteiger partial charge on any atom is -0.476 e. The molecule has 1 saturated heterocycles. The average molecular weight is 320 g/mol. The number of morpholine rings is 1. The number of hydrogen-bond acceptors (Lipinski definition) is 6. The van der Waals surface area contributed by atoms with Crippen molar-refractivity contribution in [2.24, 2.45) is 0 Å². The first-order chi connectivity index (χ1) is 11.0. The zero-order valence-corrected chi connectivity index (χ0v) is 12.5. The normalized spacial score (nSPS) is 18.1. The Morgan fingerprint density at radius 1 is 1.43 bits per heavy atom. The highest BCUT2D eigenvalue weighted by molar-refractivity contribution is 5.84. The number of aryl methyl sites for hydroxylation is 1. The van der Waals surface area contributed by atoms with E-state index in [4.69, 9.17) is 14.3 Å². The van der Waals surface area contributed by atoms with Crippen LogP contribution in [0, 0.1) is 6.92 Å². The SMILES string of the molecule is Cc1ccc(C2COCCN2C(=O)Cn2cc(C(=O)O)nn2)o1. The van der Waals surface area contributed by atoms with Gasteiger partial charge < -0.3 is 19.2 Å². The topological polar surface area (TPSA) is 111 Å². The molecule has 0 aromatic carbocycles. The van der Waals surface area contributed by atoms with Gasteiger partial charge >= 0.3 is 5.97 Å². The third kappa shape index (κ3) is 3.24. The number of aromatic carboxylic acids is 1. The van der Waals surface area contributed by atoms with E-state index in [1.165, 1.54) is 10.9 Å². The maximum atomic E-state index is 12.5. The number of carboxylic acid groups (broad SMARTS) is 1. The van der Waals surface area contributed by atoms with E-state index in [0.29, 0.717) is 25.5 Å². The molecule has 9 nitrogen and oxygen atoms in total. The van der Waals surface area contributed by atoms with Gasteiger partial charge in [0.25, 0.3) is 0 Å². The van der Waals surface area contributed by atoms with Gasteiger partial charge in [-0.1, -0.05) is 5.21 Å². The number of rotatable bonds is 4. The van der Waals surface area contributed by atoms with Gasteiger partial charge in [-0.15, -0.1) is 5.10 Å². The Kier molecular flexibility index (Phi) is 4.11. The Labute approximate surface area is 131 Å². The lowest BCUT2D eigenvalue weighted by Crippen LogP contribution is -2.44. The molecule has 1 N–H and O–H groups in total. The van der Waals surface area contributed by atoms with Crippen LogP contribution in [0.4, 0.5) is 0 Å². The van der Waals surface area contributed by atoms with Gasteiger partial charge in [-0.3, -0.25) is 4.79 Å². The first-order valence-corrected chi connectivity index (χ1v) is 7.11. The number of aromatic nitrogens is 3. The fourth-order valence-corrected chi connectivity index (χ4v) is 2.47. The van der Waals surface area contributed by atoms with E-state index >= 15 is 0 Å². The van der Waals surface area contributed by atoms with Crippen molar-refractivity contribution in [1.29, 1.82) is 0 Å². The van der Waals surface area contributed by atoms with Crippen molar-refractivity contribution in [3.05, 3.63) is 35.5 Å². The molecule has 1 fully saturated rings. The molecule has 0 radical (unpaired) electrons. The van der Waals surface area contributed by atoms with Crippen LogP contribution in [-0.4, -0.2) is 56.6 Å². The molecule has 2 aromatic rings. The molecule has 9 heteroatoms. The summed E-state index contributed by atoms with van der Waals surface area (Å²) in [5.41, 5.74) is -0.196. The number of ether oxygens (including phenoxy) is 1. The van der Waals surface area contributed by atoms with Crippen molar-refractivity contribution >= 4 is 11.9 Å². The fraction of sp³-hybridized carbons (Fsp3) is 0.429. The Hall–Kier alpha value is -2.68. The molecule has 23 heavy (non-hydrogen) atoms. The third-order valence-electron chi connectivity index (χ3n) is 3.59. The van der Waals surface area contributed by atoms with Gasteiger partial charge in [-0.2, -0.15) is 0 Å². The zero-order chi connectivity index (χ0) is 16.4. The summed E-state index contributed by atoms with van der Waals surface area (Å²) in [6.45, 7) is 2.98. The van der Waals surface area contributed by atoms with E-state index < -0.39 is 5.97 Å². The van der Waals surface area contributed by atoms with Crippen LogP contribution in [0.25, 0.3) is 0 Å². The maximum Gasteiger partial charge on any atom is 0.358 e. The highest BCUT2D eigenvalue weighted by atomic mass is 16.5. The van der Waals surface area contributed by atoms with Gasteiger partial charge in [-0.25, -0.2) is 9.48 Å². The predicted molar refractivity (Wildman–Crippen MR) is 75.7 cm³/mol. The van der Waals surface area contributed by atoms with Crippen molar-refractivity contribution in [3.8, 4) is 0 Å². The second-order valence-electron chi connectivity index (χ2n) is 5.23. The lowest BCUT2D eigenvalue weighted by atomic mass is 10.1. The minimum absolute atomic E-state index is 0.0868. The number of carbonyl (C=O) groups excluding carboxylic acids is 1. The summed E-state index contributed by atoms with van der Waals surface area (Å²) in [4.78, 5) is 25.0. The van der Waals surface area contributed by atoms with Crippen LogP contribution in [0.15, 0.2) is 22.7 Å². The van der Waals surface area contributed by atoms with E-state index in [1.807, 2.05) is 19.1 Å². The molecular weight excluding hydrogens is 304 g/mol. The van der Waals surface area contributed by atoms with Crippen LogP contribution in [0.1, 0.15) is 28.1 Å². The lowest BCUT2D eigenvalue weighted by molar-refractivity contribution is -0.141. The van der Waals surface area contributed by atoms with Gasteiger partial charge in [0.05, 0.1) is 19.4 Å². The van der Waals surface area contributed by atoms with Crippen LogP contribution in [0.2, 0.25) is 0 Å². The minimum atomic E-state index is -1.18. The molecule has 1 amide bonds. The highest BCUT2D eigenvalue weighted by Gasteiger charge is 2.31. The van der Waals surface area contributed by atoms with E-state index in [1.54, 1.807) is 4.90 Å². The predicted octanol–water partition coefficient (Wildman–Crippen LogP) is 0.478. The number of carboxylic acids is 1. The Morgan fingerprint density at radius 3 is 2.91 bits per heavy atom. The number of carbonyl (C=O) groups is 2. The van der Waals surface area contributed by atoms with Crippen molar-refractivity contribution in [1.82, 2.24) is 19.9 Å². The summed E-state index contributed by atoms with van der Waals surface area (Å²) >= 11 is 0. The molecule has 122 valence electrons. The maximum absolute atomic E-state index is 12.5. The van der Waals surface area contributed by atoms with Crippen LogP contribution in [0.5, 0.6) is 0 Å². The molecule has 1 aliphatic rings. The smallest absolute Gasteiger partial charge is 0.358 e. The standard InChI is InChI=1S/C14H16N4O5/c1-9-2-3-12(23-9)11-8-22-5-4-18(11)13(19)7-17-6-10(14(20)21)15-16-17/h2-3,6,11H,4-5,7-8H2,1H3,(H,20,21). The molecule has 3 heterocycles. The first-order valence-electron chi connectivity index (χ1n) is 7.11. The summed E-state index contributed by atoms with van der Waals surface area (Å²) in [5, 5.41) is 16.0. The second kappa shape index (κ2) is 6.21. The number of furan rings is 1. The monoisotopic (exact) mass is 320 g/mol. The number of nitrogens with zero attached hydrogens (tertiary/aromatic N) is 4. The summed E-state index contributed by atoms with van der Waals surface area (Å²) < 4.78 is 12.3. The van der Waals surface area contributed by atoms with E-state index in [2.05, 4.69) is 10.3 Å². The summed E-state index contributed by atoms with van der Waals surface area (Å²) in [6, 6.07) is 3.36. The molecular formula is C14H16N4O5. The Balaban J connectivity index is 1.74. The van der Waals surface area contributed by atoms with Gasteiger partial charge in [0.2, 0.25) is 5.91 Å². The first kappa shape index (κ1) is 15.2. The van der Waals surface area contributed by atoms with Gasteiger partial charge in [0.15, 0.2) is 5.69 Å². The summed E-state index contributed by atoms with van der Waals surface area (Å²) in [7, 11) is 0. The van der Waals surface area contributed by atoms with Gasteiger partial charge in [0, 0.05) is 6.54 Å². The van der Waals surface area contributed by atoms with Crippen LogP contribution in [0.3, 0.4) is 0 Å². The molecule has 0 saturated carbocycles.